The Morgan fingerprint density at radius 3 is 3.00 bits per heavy atom. The van der Waals surface area contributed by atoms with Crippen molar-refractivity contribution < 1.29 is 14.3 Å². The highest BCUT2D eigenvalue weighted by molar-refractivity contribution is 5.88. The molecule has 0 radical (unpaired) electrons. The van der Waals surface area contributed by atoms with Crippen molar-refractivity contribution in [3.8, 4) is 0 Å². The summed E-state index contributed by atoms with van der Waals surface area (Å²) in [6.07, 6.45) is 2.02. The minimum Gasteiger partial charge on any atom is -0.462 e. The Balaban J connectivity index is 1.95. The summed E-state index contributed by atoms with van der Waals surface area (Å²) in [7, 11) is 1.63. The molecule has 2 bridgehead atoms. The highest BCUT2D eigenvalue weighted by atomic mass is 16.6. The van der Waals surface area contributed by atoms with E-state index in [1.54, 1.807) is 7.05 Å². The molecule has 4 heteroatoms. The Hall–Kier alpha value is -1.06. The molecule has 3 aliphatic rings. The highest BCUT2D eigenvalue weighted by Gasteiger charge is 2.63. The largest absolute Gasteiger partial charge is 0.462 e. The predicted molar refractivity (Wildman–Crippen MR) is 47.1 cm³/mol. The van der Waals surface area contributed by atoms with E-state index in [0.29, 0.717) is 11.8 Å². The summed E-state index contributed by atoms with van der Waals surface area (Å²) in [4.78, 5) is 23.1. The van der Waals surface area contributed by atoms with Crippen LogP contribution in [0.5, 0.6) is 0 Å². The van der Waals surface area contributed by atoms with E-state index in [1.165, 1.54) is 0 Å². The van der Waals surface area contributed by atoms with Crippen molar-refractivity contribution in [3.63, 3.8) is 0 Å². The minimum absolute atomic E-state index is 0.0137. The van der Waals surface area contributed by atoms with Crippen LogP contribution in [-0.4, -0.2) is 25.0 Å². The number of carbonyl (C=O) groups excluding carboxylic acids is 2. The van der Waals surface area contributed by atoms with Crippen LogP contribution < -0.4 is 5.32 Å². The van der Waals surface area contributed by atoms with Gasteiger partial charge >= 0.3 is 5.97 Å². The second-order valence-corrected chi connectivity index (χ2v) is 4.54. The van der Waals surface area contributed by atoms with Crippen molar-refractivity contribution in [2.75, 3.05) is 7.05 Å². The van der Waals surface area contributed by atoms with Gasteiger partial charge in [0.25, 0.3) is 0 Å². The number of fused-ring (bicyclic) bond motifs is 1. The Morgan fingerprint density at radius 2 is 2.29 bits per heavy atom. The normalized spacial score (nSPS) is 48.1. The first-order valence-corrected chi connectivity index (χ1v) is 5.14. The molecule has 1 aliphatic heterocycles. The van der Waals surface area contributed by atoms with E-state index in [9.17, 15) is 9.59 Å². The number of hydrogen-bond donors (Lipinski definition) is 1. The topological polar surface area (TPSA) is 55.4 Å². The highest BCUT2D eigenvalue weighted by Crippen LogP contribution is 2.57. The van der Waals surface area contributed by atoms with Gasteiger partial charge in [0.05, 0.1) is 11.8 Å². The van der Waals surface area contributed by atoms with Gasteiger partial charge in [0, 0.05) is 13.0 Å². The lowest BCUT2D eigenvalue weighted by Gasteiger charge is -2.22. The van der Waals surface area contributed by atoms with E-state index in [-0.39, 0.29) is 29.8 Å². The van der Waals surface area contributed by atoms with Gasteiger partial charge in [0.1, 0.15) is 6.10 Å². The summed E-state index contributed by atoms with van der Waals surface area (Å²) in [6, 6.07) is 0. The lowest BCUT2D eigenvalue weighted by atomic mass is 9.79. The van der Waals surface area contributed by atoms with Gasteiger partial charge < -0.3 is 10.1 Å². The van der Waals surface area contributed by atoms with E-state index >= 15 is 0 Å². The van der Waals surface area contributed by atoms with E-state index in [2.05, 4.69) is 5.32 Å². The maximum Gasteiger partial charge on any atom is 0.310 e. The number of rotatable bonds is 1. The van der Waals surface area contributed by atoms with Crippen molar-refractivity contribution >= 4 is 11.9 Å². The summed E-state index contributed by atoms with van der Waals surface area (Å²) in [5.74, 6) is 0.319. The van der Waals surface area contributed by atoms with Crippen molar-refractivity contribution in [2.24, 2.45) is 23.7 Å². The van der Waals surface area contributed by atoms with Crippen LogP contribution in [0.25, 0.3) is 0 Å². The predicted octanol–water partition coefficient (Wildman–Crippen LogP) is -0.0700. The maximum atomic E-state index is 11.6. The fourth-order valence-electron chi connectivity index (χ4n) is 3.53. The Kier molecular flexibility index (Phi) is 1.47. The zero-order valence-electron chi connectivity index (χ0n) is 8.03. The maximum absolute atomic E-state index is 11.6. The van der Waals surface area contributed by atoms with E-state index in [1.807, 2.05) is 0 Å². The summed E-state index contributed by atoms with van der Waals surface area (Å²) >= 11 is 0. The molecule has 0 aromatic rings. The van der Waals surface area contributed by atoms with Gasteiger partial charge in [-0.05, 0) is 18.8 Å². The van der Waals surface area contributed by atoms with Crippen molar-refractivity contribution in [3.05, 3.63) is 0 Å². The van der Waals surface area contributed by atoms with Crippen LogP contribution in [-0.2, 0) is 14.3 Å². The average molecular weight is 195 g/mol. The van der Waals surface area contributed by atoms with Gasteiger partial charge in [-0.15, -0.1) is 0 Å². The number of ether oxygens (including phenoxy) is 1. The molecule has 1 heterocycles. The summed E-state index contributed by atoms with van der Waals surface area (Å²) in [6.45, 7) is 0. The second-order valence-electron chi connectivity index (χ2n) is 4.54. The first-order valence-electron chi connectivity index (χ1n) is 5.14. The molecule has 76 valence electrons. The van der Waals surface area contributed by atoms with Crippen LogP contribution in [0.15, 0.2) is 0 Å². The number of carbonyl (C=O) groups is 2. The smallest absolute Gasteiger partial charge is 0.310 e. The summed E-state index contributed by atoms with van der Waals surface area (Å²) < 4.78 is 5.25. The average Bonchev–Trinajstić information content (AvgIpc) is 2.75. The van der Waals surface area contributed by atoms with Crippen LogP contribution >= 0.6 is 0 Å². The molecule has 5 atom stereocenters. The van der Waals surface area contributed by atoms with Crippen LogP contribution in [0.4, 0.5) is 0 Å². The lowest BCUT2D eigenvalue weighted by molar-refractivity contribution is -0.145. The number of nitrogens with one attached hydrogen (secondary N) is 1. The second kappa shape index (κ2) is 2.49. The van der Waals surface area contributed by atoms with Crippen LogP contribution in [0.3, 0.4) is 0 Å². The minimum atomic E-state index is -0.145. The molecule has 1 saturated heterocycles. The molecule has 3 rings (SSSR count). The standard InChI is InChI=1S/C10H13NO3/c1-11-9(12)7-4-2-5-6(3-4)14-10(13)8(5)7/h4-8H,2-3H2,1H3,(H,11,12). The Labute approximate surface area is 82.0 Å². The van der Waals surface area contributed by atoms with Crippen molar-refractivity contribution in [1.29, 1.82) is 0 Å². The number of hydrogen-bond acceptors (Lipinski definition) is 3. The number of amides is 1. The molecule has 14 heavy (non-hydrogen) atoms. The fraction of sp³-hybridized carbons (Fsp3) is 0.800. The summed E-state index contributed by atoms with van der Waals surface area (Å²) in [5, 5.41) is 2.65. The van der Waals surface area contributed by atoms with E-state index < -0.39 is 0 Å². The molecular formula is C10H13NO3. The third-order valence-corrected chi connectivity index (χ3v) is 4.03. The lowest BCUT2D eigenvalue weighted by Crippen LogP contribution is -2.38. The van der Waals surface area contributed by atoms with Gasteiger partial charge in [-0.2, -0.15) is 0 Å². The molecule has 0 spiro atoms. The molecule has 1 amide bonds. The molecule has 1 N–H and O–H groups in total. The fourth-order valence-corrected chi connectivity index (χ4v) is 3.53. The molecule has 2 aliphatic carbocycles. The molecule has 0 aromatic heterocycles. The zero-order chi connectivity index (χ0) is 9.87. The monoisotopic (exact) mass is 195 g/mol. The van der Waals surface area contributed by atoms with Gasteiger partial charge in [-0.1, -0.05) is 0 Å². The van der Waals surface area contributed by atoms with Gasteiger partial charge in [0.15, 0.2) is 0 Å². The van der Waals surface area contributed by atoms with Crippen molar-refractivity contribution in [1.82, 2.24) is 5.32 Å². The van der Waals surface area contributed by atoms with Crippen LogP contribution in [0.2, 0.25) is 0 Å². The van der Waals surface area contributed by atoms with E-state index in [0.717, 1.165) is 12.8 Å². The van der Waals surface area contributed by atoms with E-state index in [4.69, 9.17) is 4.74 Å². The number of esters is 1. The third-order valence-electron chi connectivity index (χ3n) is 4.03. The zero-order valence-corrected chi connectivity index (χ0v) is 8.03. The molecule has 4 nitrogen and oxygen atoms in total. The van der Waals surface area contributed by atoms with Gasteiger partial charge in [-0.3, -0.25) is 9.59 Å². The molecule has 3 fully saturated rings. The van der Waals surface area contributed by atoms with Gasteiger partial charge in [-0.25, -0.2) is 0 Å². The summed E-state index contributed by atoms with van der Waals surface area (Å²) in [5.41, 5.74) is 0. The van der Waals surface area contributed by atoms with Gasteiger partial charge in [0.2, 0.25) is 5.91 Å². The SMILES string of the molecule is CNC(=O)C1C2CC3OC(=O)C1C3C2. The van der Waals surface area contributed by atoms with Crippen LogP contribution in [0.1, 0.15) is 12.8 Å². The van der Waals surface area contributed by atoms with Crippen molar-refractivity contribution in [2.45, 2.75) is 18.9 Å². The molecule has 0 aromatic carbocycles. The van der Waals surface area contributed by atoms with Crippen LogP contribution in [0, 0.1) is 23.7 Å². The Bertz CT molecular complexity index is 312. The Morgan fingerprint density at radius 1 is 1.50 bits per heavy atom. The molecule has 2 saturated carbocycles. The molecular weight excluding hydrogens is 182 g/mol. The first-order chi connectivity index (χ1) is 6.72. The first kappa shape index (κ1) is 8.26. The third kappa shape index (κ3) is 0.792. The quantitative estimate of drug-likeness (QED) is 0.596. The molecule has 5 unspecified atom stereocenters.